The Labute approximate surface area is 230 Å². The van der Waals surface area contributed by atoms with Gasteiger partial charge in [-0.25, -0.2) is 0 Å². The summed E-state index contributed by atoms with van der Waals surface area (Å²) >= 11 is 1.62. The number of hydrogen-bond acceptors (Lipinski definition) is 6. The van der Waals surface area contributed by atoms with Gasteiger partial charge in [-0.05, 0) is 30.7 Å². The van der Waals surface area contributed by atoms with Crippen molar-refractivity contribution in [3.63, 3.8) is 0 Å². The zero-order valence-electron chi connectivity index (χ0n) is 22.5. The molecule has 3 unspecified atom stereocenters. The normalized spacial score (nSPS) is 30.1. The maximum atomic E-state index is 14.4. The number of aliphatic hydroxyl groups is 1. The SMILES string of the molecule is C=CCOC(=O)[C@@H]1[C@@H]2CC(C)C3(S2)C(C(=O)N(CC=C)CCCC)N([C@@H](CO)Cc2ccccc2)C(=O)[C@H]13. The molecule has 3 aliphatic heterocycles. The van der Waals surface area contributed by atoms with E-state index in [0.29, 0.717) is 19.5 Å². The Morgan fingerprint density at radius 2 is 2.03 bits per heavy atom. The van der Waals surface area contributed by atoms with E-state index in [4.69, 9.17) is 4.74 Å². The summed E-state index contributed by atoms with van der Waals surface area (Å²) in [6.07, 6.45) is 6.16. The molecule has 7 atom stereocenters. The van der Waals surface area contributed by atoms with Crippen LogP contribution in [0, 0.1) is 17.8 Å². The number of esters is 1. The van der Waals surface area contributed by atoms with E-state index >= 15 is 0 Å². The molecule has 8 heteroatoms. The van der Waals surface area contributed by atoms with Gasteiger partial charge in [0.25, 0.3) is 0 Å². The van der Waals surface area contributed by atoms with Crippen LogP contribution < -0.4 is 0 Å². The van der Waals surface area contributed by atoms with Crippen molar-refractivity contribution in [1.29, 1.82) is 0 Å². The van der Waals surface area contributed by atoms with Crippen molar-refractivity contribution >= 4 is 29.5 Å². The second kappa shape index (κ2) is 12.1. The van der Waals surface area contributed by atoms with Crippen LogP contribution in [0.2, 0.25) is 0 Å². The van der Waals surface area contributed by atoms with Crippen LogP contribution in [-0.2, 0) is 25.5 Å². The lowest BCUT2D eigenvalue weighted by Gasteiger charge is -2.42. The highest BCUT2D eigenvalue weighted by Gasteiger charge is 2.77. The molecule has 3 aliphatic rings. The van der Waals surface area contributed by atoms with Gasteiger partial charge in [0.05, 0.1) is 29.2 Å². The van der Waals surface area contributed by atoms with Gasteiger partial charge in [0, 0.05) is 18.3 Å². The Morgan fingerprint density at radius 1 is 1.29 bits per heavy atom. The number of amides is 2. The molecule has 4 rings (SSSR count). The van der Waals surface area contributed by atoms with E-state index in [1.807, 2.05) is 30.3 Å². The summed E-state index contributed by atoms with van der Waals surface area (Å²) in [6, 6.07) is 8.32. The van der Waals surface area contributed by atoms with E-state index in [9.17, 15) is 19.5 Å². The van der Waals surface area contributed by atoms with Crippen LogP contribution in [0.1, 0.15) is 38.7 Å². The van der Waals surface area contributed by atoms with E-state index in [2.05, 4.69) is 27.0 Å². The quantitative estimate of drug-likeness (QED) is 0.305. The summed E-state index contributed by atoms with van der Waals surface area (Å²) in [5, 5.41) is 10.5. The fourth-order valence-corrected chi connectivity index (χ4v) is 9.13. The van der Waals surface area contributed by atoms with Gasteiger partial charge in [0.2, 0.25) is 11.8 Å². The maximum absolute atomic E-state index is 14.4. The fraction of sp³-hybridized carbons (Fsp3) is 0.567. The van der Waals surface area contributed by atoms with Gasteiger partial charge in [0.1, 0.15) is 12.6 Å². The molecule has 206 valence electrons. The molecule has 3 heterocycles. The number of unbranched alkanes of at least 4 members (excludes halogenated alkanes) is 1. The number of carbonyl (C=O) groups excluding carboxylic acids is 3. The molecule has 1 aromatic rings. The lowest BCUT2D eigenvalue weighted by Crippen LogP contribution is -2.59. The fourth-order valence-electron chi connectivity index (χ4n) is 6.74. The molecule has 0 aliphatic carbocycles. The molecule has 0 aromatic heterocycles. The predicted octanol–water partition coefficient (Wildman–Crippen LogP) is 3.47. The minimum absolute atomic E-state index is 0.0432. The van der Waals surface area contributed by atoms with Gasteiger partial charge in [-0.2, -0.15) is 0 Å². The van der Waals surface area contributed by atoms with Crippen LogP contribution in [0.4, 0.5) is 0 Å². The van der Waals surface area contributed by atoms with Crippen molar-refractivity contribution in [1.82, 2.24) is 9.80 Å². The number of benzene rings is 1. The Hall–Kier alpha value is -2.58. The molecule has 1 N–H and O–H groups in total. The summed E-state index contributed by atoms with van der Waals surface area (Å²) in [5.41, 5.74) is 0.973. The first kappa shape index (κ1) is 28.4. The van der Waals surface area contributed by atoms with Gasteiger partial charge in [-0.3, -0.25) is 14.4 Å². The minimum Gasteiger partial charge on any atom is -0.461 e. The number of fused-ring (bicyclic) bond motifs is 1. The first-order chi connectivity index (χ1) is 18.3. The summed E-state index contributed by atoms with van der Waals surface area (Å²) < 4.78 is 4.71. The first-order valence-electron chi connectivity index (χ1n) is 13.7. The molecule has 2 amide bonds. The average molecular weight is 541 g/mol. The molecule has 3 fully saturated rings. The van der Waals surface area contributed by atoms with Crippen LogP contribution in [0.15, 0.2) is 55.6 Å². The van der Waals surface area contributed by atoms with E-state index in [1.165, 1.54) is 6.08 Å². The number of thioether (sulfide) groups is 1. The van der Waals surface area contributed by atoms with Crippen molar-refractivity contribution in [2.75, 3.05) is 26.3 Å². The van der Waals surface area contributed by atoms with Crippen LogP contribution in [0.25, 0.3) is 0 Å². The highest BCUT2D eigenvalue weighted by Crippen LogP contribution is 2.69. The van der Waals surface area contributed by atoms with Crippen molar-refractivity contribution in [2.45, 2.75) is 61.6 Å². The zero-order chi connectivity index (χ0) is 27.4. The number of hydrogen-bond donors (Lipinski definition) is 1. The van der Waals surface area contributed by atoms with Crippen molar-refractivity contribution in [3.8, 4) is 0 Å². The standard InChI is InChI=1S/C30H40N2O5S/c1-5-8-15-31(14-6-2)28(35)26-30-20(4)17-23(38-30)24(29(36)37-16-7-3)25(30)27(34)32(26)22(19-33)18-21-12-10-9-11-13-21/h6-7,9-13,20,22-26,33H,2-3,5,8,14-19H2,1,4H3/t20?,22-,23+,24-,25+,26?,30?/m1/s1. The number of likely N-dealkylation sites (tertiary alicyclic amines) is 1. The molecule has 0 saturated carbocycles. The average Bonchev–Trinajstić information content (AvgIpc) is 3.52. The highest BCUT2D eigenvalue weighted by molar-refractivity contribution is 8.02. The van der Waals surface area contributed by atoms with Crippen molar-refractivity contribution < 1.29 is 24.2 Å². The Bertz CT molecular complexity index is 1050. The summed E-state index contributed by atoms with van der Waals surface area (Å²) in [4.78, 5) is 45.5. The van der Waals surface area contributed by atoms with Gasteiger partial charge >= 0.3 is 5.97 Å². The zero-order valence-corrected chi connectivity index (χ0v) is 23.3. The summed E-state index contributed by atoms with van der Waals surface area (Å²) in [5.74, 6) is -2.00. The largest absolute Gasteiger partial charge is 0.461 e. The van der Waals surface area contributed by atoms with Gasteiger partial charge in [0.15, 0.2) is 0 Å². The first-order valence-corrected chi connectivity index (χ1v) is 14.6. The Kier molecular flexibility index (Phi) is 9.04. The van der Waals surface area contributed by atoms with E-state index in [0.717, 1.165) is 24.8 Å². The number of nitrogens with zero attached hydrogens (tertiary/aromatic N) is 2. The number of rotatable bonds is 13. The van der Waals surface area contributed by atoms with Gasteiger partial charge in [-0.1, -0.05) is 69.3 Å². The molecule has 3 saturated heterocycles. The van der Waals surface area contributed by atoms with Crippen molar-refractivity contribution in [3.05, 3.63) is 61.2 Å². The minimum atomic E-state index is -0.778. The third kappa shape index (κ3) is 4.81. The molecule has 38 heavy (non-hydrogen) atoms. The molecule has 7 nitrogen and oxygen atoms in total. The monoisotopic (exact) mass is 540 g/mol. The molecule has 1 spiro atoms. The van der Waals surface area contributed by atoms with Gasteiger partial charge < -0.3 is 19.6 Å². The Morgan fingerprint density at radius 3 is 2.66 bits per heavy atom. The second-order valence-electron chi connectivity index (χ2n) is 10.7. The van der Waals surface area contributed by atoms with Gasteiger partial charge in [-0.15, -0.1) is 18.3 Å². The number of aliphatic hydroxyl groups excluding tert-OH is 1. The summed E-state index contributed by atoms with van der Waals surface area (Å²) in [7, 11) is 0. The van der Waals surface area contributed by atoms with E-state index in [-0.39, 0.29) is 36.2 Å². The third-order valence-corrected chi connectivity index (χ3v) is 10.5. The maximum Gasteiger partial charge on any atom is 0.311 e. The molecule has 1 aromatic carbocycles. The van der Waals surface area contributed by atoms with E-state index < -0.39 is 34.6 Å². The topological polar surface area (TPSA) is 87.2 Å². The smallest absolute Gasteiger partial charge is 0.311 e. The molecule has 2 bridgehead atoms. The lowest BCUT2D eigenvalue weighted by atomic mass is 9.66. The molecule has 0 radical (unpaired) electrons. The lowest BCUT2D eigenvalue weighted by molar-refractivity contribution is -0.154. The summed E-state index contributed by atoms with van der Waals surface area (Å²) in [6.45, 7) is 12.4. The predicted molar refractivity (Wildman–Crippen MR) is 149 cm³/mol. The third-order valence-electron chi connectivity index (χ3n) is 8.39. The van der Waals surface area contributed by atoms with Crippen molar-refractivity contribution in [2.24, 2.45) is 17.8 Å². The van der Waals surface area contributed by atoms with E-state index in [1.54, 1.807) is 27.6 Å². The van der Waals surface area contributed by atoms with Crippen LogP contribution in [0.5, 0.6) is 0 Å². The van der Waals surface area contributed by atoms with Crippen LogP contribution in [-0.4, -0.2) is 81.1 Å². The van der Waals surface area contributed by atoms with Crippen LogP contribution >= 0.6 is 11.8 Å². The molecular weight excluding hydrogens is 500 g/mol. The number of ether oxygens (including phenoxy) is 1. The highest BCUT2D eigenvalue weighted by atomic mass is 32.2. The Balaban J connectivity index is 1.79. The second-order valence-corrected chi connectivity index (χ2v) is 12.2. The molecular formula is C30H40N2O5S. The number of carbonyl (C=O) groups is 3. The van der Waals surface area contributed by atoms with Crippen LogP contribution in [0.3, 0.4) is 0 Å².